The van der Waals surface area contributed by atoms with Gasteiger partial charge in [-0.25, -0.2) is 4.79 Å². The molecule has 0 aliphatic carbocycles. The summed E-state index contributed by atoms with van der Waals surface area (Å²) in [5.41, 5.74) is 3.30. The zero-order chi connectivity index (χ0) is 17.0. The molecule has 0 bridgehead atoms. The second-order valence-electron chi connectivity index (χ2n) is 5.18. The molecule has 1 aromatic carbocycles. The van der Waals surface area contributed by atoms with Gasteiger partial charge in [0.05, 0.1) is 17.0 Å². The fourth-order valence-corrected chi connectivity index (χ4v) is 3.11. The van der Waals surface area contributed by atoms with E-state index in [1.54, 1.807) is 19.1 Å². The van der Waals surface area contributed by atoms with Gasteiger partial charge >= 0.3 is 5.97 Å². The molecule has 0 saturated carbocycles. The van der Waals surface area contributed by atoms with E-state index in [0.717, 1.165) is 17.0 Å². The number of anilines is 1. The first-order valence-electron chi connectivity index (χ1n) is 7.01. The van der Waals surface area contributed by atoms with E-state index < -0.39 is 5.97 Å². The van der Waals surface area contributed by atoms with Gasteiger partial charge < -0.3 is 14.9 Å². The van der Waals surface area contributed by atoms with Crippen LogP contribution in [0.3, 0.4) is 0 Å². The SMILES string of the molecule is Cc1cc(NC(=O)CSCc2c(C)noc2C)ccc1C(=O)O. The predicted molar refractivity (Wildman–Crippen MR) is 88.9 cm³/mol. The number of nitrogens with zero attached hydrogens (tertiary/aromatic N) is 1. The lowest BCUT2D eigenvalue weighted by molar-refractivity contribution is -0.113. The Bertz CT molecular complexity index is 720. The number of benzene rings is 1. The number of aromatic carboxylic acids is 1. The first-order valence-corrected chi connectivity index (χ1v) is 8.17. The molecule has 1 heterocycles. The van der Waals surface area contributed by atoms with E-state index >= 15 is 0 Å². The highest BCUT2D eigenvalue weighted by molar-refractivity contribution is 7.99. The van der Waals surface area contributed by atoms with Gasteiger partial charge in [-0.05, 0) is 44.5 Å². The Kier molecular flexibility index (Phi) is 5.44. The van der Waals surface area contributed by atoms with Gasteiger partial charge in [0.25, 0.3) is 0 Å². The average Bonchev–Trinajstić information content (AvgIpc) is 2.78. The summed E-state index contributed by atoms with van der Waals surface area (Å²) in [5.74, 6) is 0.616. The van der Waals surface area contributed by atoms with Crippen LogP contribution in [-0.4, -0.2) is 27.9 Å². The summed E-state index contributed by atoms with van der Waals surface area (Å²) in [4.78, 5) is 22.9. The van der Waals surface area contributed by atoms with Gasteiger partial charge in [-0.3, -0.25) is 4.79 Å². The van der Waals surface area contributed by atoms with Gasteiger partial charge in [0, 0.05) is 17.0 Å². The molecule has 7 heteroatoms. The lowest BCUT2D eigenvalue weighted by Crippen LogP contribution is -2.14. The van der Waals surface area contributed by atoms with Crippen molar-refractivity contribution in [1.29, 1.82) is 0 Å². The molecule has 0 radical (unpaired) electrons. The standard InChI is InChI=1S/C16H18N2O4S/c1-9-6-12(4-5-13(9)16(20)21)17-15(19)8-23-7-14-10(2)18-22-11(14)3/h4-6H,7-8H2,1-3H3,(H,17,19)(H,20,21). The Balaban J connectivity index is 1.88. The van der Waals surface area contributed by atoms with Gasteiger partial charge in [0.2, 0.25) is 5.91 Å². The highest BCUT2D eigenvalue weighted by Gasteiger charge is 2.11. The van der Waals surface area contributed by atoms with Crippen LogP contribution in [-0.2, 0) is 10.5 Å². The maximum absolute atomic E-state index is 12.0. The molecule has 0 spiro atoms. The molecule has 122 valence electrons. The summed E-state index contributed by atoms with van der Waals surface area (Å²) >= 11 is 1.47. The molecule has 0 atom stereocenters. The van der Waals surface area contributed by atoms with Crippen LogP contribution in [0.15, 0.2) is 22.7 Å². The molecule has 0 fully saturated rings. The molecule has 0 unspecified atom stereocenters. The van der Waals surface area contributed by atoms with Crippen LogP contribution >= 0.6 is 11.8 Å². The second kappa shape index (κ2) is 7.32. The Labute approximate surface area is 138 Å². The lowest BCUT2D eigenvalue weighted by atomic mass is 10.1. The van der Waals surface area contributed by atoms with Crippen molar-refractivity contribution in [3.8, 4) is 0 Å². The normalized spacial score (nSPS) is 10.6. The molecule has 1 aromatic heterocycles. The summed E-state index contributed by atoms with van der Waals surface area (Å²) in [6.07, 6.45) is 0. The summed E-state index contributed by atoms with van der Waals surface area (Å²) in [5, 5.41) is 15.6. The fourth-order valence-electron chi connectivity index (χ4n) is 2.13. The molecule has 1 amide bonds. The lowest BCUT2D eigenvalue weighted by Gasteiger charge is -2.08. The molecule has 0 aliphatic rings. The Morgan fingerprint density at radius 3 is 2.61 bits per heavy atom. The number of hydrogen-bond acceptors (Lipinski definition) is 5. The van der Waals surface area contributed by atoms with E-state index in [0.29, 0.717) is 22.8 Å². The van der Waals surface area contributed by atoms with E-state index in [2.05, 4.69) is 10.5 Å². The topological polar surface area (TPSA) is 92.4 Å². The van der Waals surface area contributed by atoms with E-state index in [-0.39, 0.29) is 11.5 Å². The van der Waals surface area contributed by atoms with Crippen LogP contribution in [0.5, 0.6) is 0 Å². The van der Waals surface area contributed by atoms with E-state index in [1.807, 2.05) is 13.8 Å². The van der Waals surface area contributed by atoms with Gasteiger partial charge in [-0.1, -0.05) is 5.16 Å². The quantitative estimate of drug-likeness (QED) is 0.843. The van der Waals surface area contributed by atoms with Crippen LogP contribution in [0.1, 0.15) is 32.9 Å². The number of aryl methyl sites for hydroxylation is 3. The summed E-state index contributed by atoms with van der Waals surface area (Å²) in [7, 11) is 0. The number of rotatable bonds is 6. The van der Waals surface area contributed by atoms with Crippen molar-refractivity contribution in [2.24, 2.45) is 0 Å². The summed E-state index contributed by atoms with van der Waals surface area (Å²) in [6.45, 7) is 5.42. The van der Waals surface area contributed by atoms with Gasteiger partial charge in [-0.2, -0.15) is 0 Å². The Morgan fingerprint density at radius 1 is 1.30 bits per heavy atom. The molecule has 2 N–H and O–H groups in total. The zero-order valence-corrected chi connectivity index (χ0v) is 14.0. The monoisotopic (exact) mass is 334 g/mol. The van der Waals surface area contributed by atoms with Crippen molar-refractivity contribution in [2.75, 3.05) is 11.1 Å². The fraction of sp³-hybridized carbons (Fsp3) is 0.312. The number of carbonyl (C=O) groups is 2. The highest BCUT2D eigenvalue weighted by atomic mass is 32.2. The Hall–Kier alpha value is -2.28. The first-order chi connectivity index (χ1) is 10.9. The number of carboxylic acids is 1. The number of aromatic nitrogens is 1. The molecule has 23 heavy (non-hydrogen) atoms. The van der Waals surface area contributed by atoms with E-state index in [1.165, 1.54) is 17.8 Å². The minimum Gasteiger partial charge on any atom is -0.478 e. The minimum atomic E-state index is -0.976. The van der Waals surface area contributed by atoms with Crippen molar-refractivity contribution in [1.82, 2.24) is 5.16 Å². The summed E-state index contributed by atoms with van der Waals surface area (Å²) in [6, 6.07) is 4.73. The van der Waals surface area contributed by atoms with Crippen molar-refractivity contribution in [3.63, 3.8) is 0 Å². The maximum Gasteiger partial charge on any atom is 0.335 e. The largest absolute Gasteiger partial charge is 0.478 e. The van der Waals surface area contributed by atoms with Crippen LogP contribution in [0, 0.1) is 20.8 Å². The molecular formula is C16H18N2O4S. The predicted octanol–water partition coefficient (Wildman–Crippen LogP) is 3.17. The third-order valence-corrected chi connectivity index (χ3v) is 4.36. The number of carbonyl (C=O) groups excluding carboxylic acids is 1. The molecule has 6 nitrogen and oxygen atoms in total. The van der Waals surface area contributed by atoms with Gasteiger partial charge in [0.1, 0.15) is 5.76 Å². The number of amides is 1. The van der Waals surface area contributed by atoms with Gasteiger partial charge in [-0.15, -0.1) is 11.8 Å². The van der Waals surface area contributed by atoms with Crippen molar-refractivity contribution >= 4 is 29.3 Å². The second-order valence-corrected chi connectivity index (χ2v) is 6.16. The number of thioether (sulfide) groups is 1. The molecule has 0 aliphatic heterocycles. The molecule has 0 saturated heterocycles. The molecule has 2 rings (SSSR count). The van der Waals surface area contributed by atoms with E-state index in [9.17, 15) is 9.59 Å². The van der Waals surface area contributed by atoms with Gasteiger partial charge in [0.15, 0.2) is 0 Å². The number of nitrogens with one attached hydrogen (secondary N) is 1. The van der Waals surface area contributed by atoms with Crippen LogP contribution in [0.2, 0.25) is 0 Å². The Morgan fingerprint density at radius 2 is 2.04 bits per heavy atom. The van der Waals surface area contributed by atoms with E-state index in [4.69, 9.17) is 9.63 Å². The maximum atomic E-state index is 12.0. The van der Waals surface area contributed by atoms with Crippen molar-refractivity contribution in [3.05, 3.63) is 46.3 Å². The number of hydrogen-bond donors (Lipinski definition) is 2. The molecular weight excluding hydrogens is 316 g/mol. The third-order valence-electron chi connectivity index (χ3n) is 3.40. The minimum absolute atomic E-state index is 0.135. The first kappa shape index (κ1) is 17.1. The van der Waals surface area contributed by atoms with Crippen LogP contribution < -0.4 is 5.32 Å². The van der Waals surface area contributed by atoms with Crippen molar-refractivity contribution in [2.45, 2.75) is 26.5 Å². The number of carboxylic acid groups (broad SMARTS) is 1. The summed E-state index contributed by atoms with van der Waals surface area (Å²) < 4.78 is 5.08. The van der Waals surface area contributed by atoms with Crippen molar-refractivity contribution < 1.29 is 19.2 Å². The van der Waals surface area contributed by atoms with Crippen LogP contribution in [0.4, 0.5) is 5.69 Å². The molecule has 2 aromatic rings. The zero-order valence-electron chi connectivity index (χ0n) is 13.2. The van der Waals surface area contributed by atoms with Crippen LogP contribution in [0.25, 0.3) is 0 Å². The average molecular weight is 334 g/mol. The third kappa shape index (κ3) is 4.35. The highest BCUT2D eigenvalue weighted by Crippen LogP contribution is 2.20. The smallest absolute Gasteiger partial charge is 0.335 e.